The number of aliphatic imine (C=N–C) groups is 1. The lowest BCUT2D eigenvalue weighted by Crippen LogP contribution is -2.33. The molecule has 0 amide bonds. The summed E-state index contributed by atoms with van der Waals surface area (Å²) in [4.78, 5) is 6.10. The SMILES string of the molecule is Br.COc1cccc(N2CCN=C2N)c1. The van der Waals surface area contributed by atoms with Gasteiger partial charge in [0.05, 0.1) is 13.7 Å². The number of benzene rings is 1. The van der Waals surface area contributed by atoms with E-state index in [2.05, 4.69) is 4.99 Å². The fourth-order valence-electron chi connectivity index (χ4n) is 1.50. The summed E-state index contributed by atoms with van der Waals surface area (Å²) in [7, 11) is 1.65. The highest BCUT2D eigenvalue weighted by atomic mass is 79.9. The van der Waals surface area contributed by atoms with Crippen molar-refractivity contribution in [2.45, 2.75) is 0 Å². The molecule has 0 fully saturated rings. The molecule has 0 bridgehead atoms. The molecular formula is C10H14BrN3O. The van der Waals surface area contributed by atoms with Gasteiger partial charge in [-0.2, -0.15) is 0 Å². The minimum Gasteiger partial charge on any atom is -0.497 e. The molecule has 2 rings (SSSR count). The van der Waals surface area contributed by atoms with Gasteiger partial charge >= 0.3 is 0 Å². The molecule has 1 aromatic rings. The number of guanidine groups is 1. The lowest BCUT2D eigenvalue weighted by Gasteiger charge is -2.17. The molecule has 1 aromatic carbocycles. The summed E-state index contributed by atoms with van der Waals surface area (Å²) in [5, 5.41) is 0. The van der Waals surface area contributed by atoms with Crippen LogP contribution in [0.15, 0.2) is 29.3 Å². The molecule has 1 aliphatic rings. The zero-order valence-corrected chi connectivity index (χ0v) is 10.2. The number of anilines is 1. The Balaban J connectivity index is 0.00000112. The molecule has 0 radical (unpaired) electrons. The third-order valence-corrected chi connectivity index (χ3v) is 2.24. The Hall–Kier alpha value is -1.23. The Bertz CT molecular complexity index is 367. The number of hydrogen-bond acceptors (Lipinski definition) is 4. The number of ether oxygens (including phenoxy) is 1. The van der Waals surface area contributed by atoms with Crippen molar-refractivity contribution < 1.29 is 4.74 Å². The van der Waals surface area contributed by atoms with Crippen LogP contribution in [-0.2, 0) is 0 Å². The first-order valence-electron chi connectivity index (χ1n) is 4.53. The number of rotatable bonds is 2. The van der Waals surface area contributed by atoms with Gasteiger partial charge in [-0.25, -0.2) is 0 Å². The van der Waals surface area contributed by atoms with E-state index in [0.29, 0.717) is 5.96 Å². The van der Waals surface area contributed by atoms with Crippen molar-refractivity contribution in [1.82, 2.24) is 0 Å². The van der Waals surface area contributed by atoms with E-state index in [0.717, 1.165) is 24.5 Å². The molecule has 0 atom stereocenters. The van der Waals surface area contributed by atoms with Crippen molar-refractivity contribution in [2.75, 3.05) is 25.1 Å². The van der Waals surface area contributed by atoms with Crippen LogP contribution in [0, 0.1) is 0 Å². The highest BCUT2D eigenvalue weighted by Gasteiger charge is 2.15. The third-order valence-electron chi connectivity index (χ3n) is 2.24. The lowest BCUT2D eigenvalue weighted by atomic mass is 10.3. The summed E-state index contributed by atoms with van der Waals surface area (Å²) in [6.45, 7) is 1.61. The molecule has 2 N–H and O–H groups in total. The Labute approximate surface area is 99.5 Å². The summed E-state index contributed by atoms with van der Waals surface area (Å²) in [6.07, 6.45) is 0. The van der Waals surface area contributed by atoms with Gasteiger partial charge < -0.3 is 15.4 Å². The predicted molar refractivity (Wildman–Crippen MR) is 67.2 cm³/mol. The molecule has 0 saturated heterocycles. The molecule has 0 aromatic heterocycles. The van der Waals surface area contributed by atoms with Gasteiger partial charge in [-0.05, 0) is 12.1 Å². The number of hydrogen-bond donors (Lipinski definition) is 1. The summed E-state index contributed by atoms with van der Waals surface area (Å²) < 4.78 is 5.14. The van der Waals surface area contributed by atoms with Gasteiger partial charge in [-0.1, -0.05) is 6.07 Å². The van der Waals surface area contributed by atoms with Crippen LogP contribution in [0.2, 0.25) is 0 Å². The topological polar surface area (TPSA) is 50.8 Å². The zero-order chi connectivity index (χ0) is 9.97. The van der Waals surface area contributed by atoms with Crippen LogP contribution in [0.1, 0.15) is 0 Å². The lowest BCUT2D eigenvalue weighted by molar-refractivity contribution is 0.415. The highest BCUT2D eigenvalue weighted by molar-refractivity contribution is 8.93. The fraction of sp³-hybridized carbons (Fsp3) is 0.300. The number of nitrogens with zero attached hydrogens (tertiary/aromatic N) is 2. The zero-order valence-electron chi connectivity index (χ0n) is 8.51. The van der Waals surface area contributed by atoms with Crippen LogP contribution < -0.4 is 15.4 Å². The van der Waals surface area contributed by atoms with E-state index in [1.807, 2.05) is 29.2 Å². The van der Waals surface area contributed by atoms with Gasteiger partial charge in [0.1, 0.15) is 5.75 Å². The number of halogens is 1. The molecule has 1 aliphatic heterocycles. The maximum Gasteiger partial charge on any atom is 0.195 e. The van der Waals surface area contributed by atoms with Crippen LogP contribution >= 0.6 is 17.0 Å². The Morgan fingerprint density at radius 3 is 2.87 bits per heavy atom. The number of methoxy groups -OCH3 is 1. The van der Waals surface area contributed by atoms with Crippen molar-refractivity contribution in [3.05, 3.63) is 24.3 Å². The Morgan fingerprint density at radius 2 is 2.27 bits per heavy atom. The maximum absolute atomic E-state index is 5.74. The molecule has 4 nitrogen and oxygen atoms in total. The van der Waals surface area contributed by atoms with E-state index in [4.69, 9.17) is 10.5 Å². The highest BCUT2D eigenvalue weighted by Crippen LogP contribution is 2.21. The van der Waals surface area contributed by atoms with Crippen LogP contribution in [0.25, 0.3) is 0 Å². The van der Waals surface area contributed by atoms with Gasteiger partial charge in [0.25, 0.3) is 0 Å². The first kappa shape index (κ1) is 11.8. The molecule has 15 heavy (non-hydrogen) atoms. The second-order valence-electron chi connectivity index (χ2n) is 3.09. The van der Waals surface area contributed by atoms with Gasteiger partial charge in [0, 0.05) is 18.3 Å². The smallest absolute Gasteiger partial charge is 0.195 e. The molecule has 1 heterocycles. The monoisotopic (exact) mass is 271 g/mol. The van der Waals surface area contributed by atoms with Gasteiger partial charge in [0.2, 0.25) is 0 Å². The first-order valence-corrected chi connectivity index (χ1v) is 4.53. The van der Waals surface area contributed by atoms with Crippen LogP contribution in [0.5, 0.6) is 5.75 Å². The van der Waals surface area contributed by atoms with E-state index in [9.17, 15) is 0 Å². The molecule has 0 saturated carbocycles. The number of nitrogens with two attached hydrogens (primary N) is 1. The summed E-state index contributed by atoms with van der Waals surface area (Å²) in [5.74, 6) is 1.42. The molecule has 0 unspecified atom stereocenters. The largest absolute Gasteiger partial charge is 0.497 e. The van der Waals surface area contributed by atoms with E-state index in [-0.39, 0.29) is 17.0 Å². The molecule has 5 heteroatoms. The third kappa shape index (κ3) is 2.41. The normalized spacial score (nSPS) is 14.5. The van der Waals surface area contributed by atoms with E-state index < -0.39 is 0 Å². The van der Waals surface area contributed by atoms with E-state index in [1.54, 1.807) is 7.11 Å². The van der Waals surface area contributed by atoms with Crippen molar-refractivity contribution in [2.24, 2.45) is 10.7 Å². The van der Waals surface area contributed by atoms with Gasteiger partial charge in [-0.3, -0.25) is 4.99 Å². The van der Waals surface area contributed by atoms with Crippen molar-refractivity contribution in [3.8, 4) is 5.75 Å². The molecule has 82 valence electrons. The Kier molecular flexibility index (Phi) is 3.96. The first-order chi connectivity index (χ1) is 6.81. The molecule has 0 spiro atoms. The molecular weight excluding hydrogens is 258 g/mol. The Morgan fingerprint density at radius 1 is 1.47 bits per heavy atom. The summed E-state index contributed by atoms with van der Waals surface area (Å²) >= 11 is 0. The average Bonchev–Trinajstić information content (AvgIpc) is 2.65. The second kappa shape index (κ2) is 5.02. The summed E-state index contributed by atoms with van der Waals surface area (Å²) in [6, 6.07) is 7.80. The second-order valence-corrected chi connectivity index (χ2v) is 3.09. The van der Waals surface area contributed by atoms with Crippen molar-refractivity contribution >= 4 is 28.6 Å². The van der Waals surface area contributed by atoms with E-state index in [1.165, 1.54) is 0 Å². The standard InChI is InChI=1S/C10H13N3O.BrH/c1-14-9-4-2-3-8(7-9)13-6-5-12-10(13)11;/h2-4,7H,5-6H2,1H3,(H2,11,12);1H. The maximum atomic E-state index is 5.74. The van der Waals surface area contributed by atoms with Crippen molar-refractivity contribution in [1.29, 1.82) is 0 Å². The predicted octanol–water partition coefficient (Wildman–Crippen LogP) is 1.41. The summed E-state index contributed by atoms with van der Waals surface area (Å²) in [5.41, 5.74) is 6.77. The minimum atomic E-state index is 0. The van der Waals surface area contributed by atoms with E-state index >= 15 is 0 Å². The fourth-order valence-corrected chi connectivity index (χ4v) is 1.50. The van der Waals surface area contributed by atoms with Crippen LogP contribution in [-0.4, -0.2) is 26.2 Å². The van der Waals surface area contributed by atoms with Crippen LogP contribution in [0.4, 0.5) is 5.69 Å². The van der Waals surface area contributed by atoms with Crippen LogP contribution in [0.3, 0.4) is 0 Å². The average molecular weight is 272 g/mol. The quantitative estimate of drug-likeness (QED) is 0.885. The molecule has 0 aliphatic carbocycles. The minimum absolute atomic E-state index is 0. The van der Waals surface area contributed by atoms with Crippen molar-refractivity contribution in [3.63, 3.8) is 0 Å². The van der Waals surface area contributed by atoms with Gasteiger partial charge in [0.15, 0.2) is 5.96 Å². The van der Waals surface area contributed by atoms with Gasteiger partial charge in [-0.15, -0.1) is 17.0 Å².